The zero-order valence-corrected chi connectivity index (χ0v) is 29.9. The Hall–Kier alpha value is -4.84. The standard InChI is InChI=1S/C34H44N8O9S/c1-33(2,49)26-18-37-40-42(26)23-17-25(31(47)39-34(27(43)29(36)45)12-14-52(50,51)15-13-34)41(19-23)32(48)24(16-20-6-4-3-5-7-20)38-30(46)22-10-8-21(9-11-22)28(35)44/h8-11,18,20,23,25,49H,3-7,12-17,19H2,1-2H3,(H2,35,44)(H2,36,45)(H,39,47)/b38-24+/t23-,25-/m0/s1. The van der Waals surface area contributed by atoms with Gasteiger partial charge in [0, 0.05) is 24.1 Å². The van der Waals surface area contributed by atoms with Crippen molar-refractivity contribution in [3.63, 3.8) is 0 Å². The van der Waals surface area contributed by atoms with Crippen molar-refractivity contribution in [3.05, 3.63) is 47.3 Å². The normalized spacial score (nSPS) is 22.1. The van der Waals surface area contributed by atoms with Gasteiger partial charge in [-0.25, -0.2) is 18.1 Å². The lowest BCUT2D eigenvalue weighted by molar-refractivity contribution is -0.143. The van der Waals surface area contributed by atoms with Crippen molar-refractivity contribution < 1.29 is 42.3 Å². The summed E-state index contributed by atoms with van der Waals surface area (Å²) in [6.45, 7) is 2.91. The number of nitrogens with two attached hydrogens (primary N) is 2. The molecule has 2 aliphatic heterocycles. The maximum Gasteiger partial charge on any atom is 0.287 e. The SMILES string of the molecule is CC(C)(O)c1cnnn1[C@H]1C[C@@H](C(=O)NC2(C(=O)C(N)=O)CCS(=O)(=O)CC2)N(C(=O)/C(CC2CCCCC2)=N/C(=O)c2ccc(C(N)=O)cc2)C1. The molecule has 3 heterocycles. The molecule has 17 nitrogen and oxygen atoms in total. The minimum Gasteiger partial charge on any atom is -0.384 e. The third-order valence-electron chi connectivity index (χ3n) is 10.2. The van der Waals surface area contributed by atoms with Crippen molar-refractivity contribution in [2.24, 2.45) is 22.4 Å². The van der Waals surface area contributed by atoms with Crippen LogP contribution in [0.1, 0.15) is 104 Å². The molecule has 2 atom stereocenters. The molecule has 1 saturated carbocycles. The van der Waals surface area contributed by atoms with Crippen LogP contribution in [0.4, 0.5) is 0 Å². The third kappa shape index (κ3) is 8.44. The lowest BCUT2D eigenvalue weighted by Gasteiger charge is -2.37. The summed E-state index contributed by atoms with van der Waals surface area (Å²) in [6.07, 6.45) is 5.14. The summed E-state index contributed by atoms with van der Waals surface area (Å²) in [7, 11) is -3.55. The zero-order chi connectivity index (χ0) is 38.0. The summed E-state index contributed by atoms with van der Waals surface area (Å²) in [5.41, 5.74) is 7.84. The number of likely N-dealkylation sites (tertiary alicyclic amines) is 1. The molecule has 52 heavy (non-hydrogen) atoms. The Morgan fingerprint density at radius 1 is 1.00 bits per heavy atom. The van der Waals surface area contributed by atoms with Gasteiger partial charge >= 0.3 is 0 Å². The highest BCUT2D eigenvalue weighted by atomic mass is 32.2. The highest BCUT2D eigenvalue weighted by Crippen LogP contribution is 2.34. The van der Waals surface area contributed by atoms with E-state index in [1.165, 1.54) is 53.9 Å². The number of nitrogens with one attached hydrogen (secondary N) is 1. The third-order valence-corrected chi connectivity index (χ3v) is 11.8. The average Bonchev–Trinajstić information content (AvgIpc) is 3.77. The molecule has 18 heteroatoms. The number of aliphatic hydroxyl groups is 1. The van der Waals surface area contributed by atoms with E-state index in [1.807, 2.05) is 0 Å². The second kappa shape index (κ2) is 15.0. The average molecular weight is 741 g/mol. The van der Waals surface area contributed by atoms with E-state index in [0.717, 1.165) is 32.1 Å². The maximum absolute atomic E-state index is 14.6. The number of primary amides is 2. The maximum atomic E-state index is 14.6. The van der Waals surface area contributed by atoms with E-state index in [9.17, 15) is 42.3 Å². The quantitative estimate of drug-likeness (QED) is 0.177. The molecule has 0 spiro atoms. The van der Waals surface area contributed by atoms with Gasteiger partial charge in [0.05, 0.1) is 29.4 Å². The van der Waals surface area contributed by atoms with Crippen LogP contribution in [0.3, 0.4) is 0 Å². The Morgan fingerprint density at radius 3 is 2.19 bits per heavy atom. The van der Waals surface area contributed by atoms with Crippen LogP contribution in [0.2, 0.25) is 0 Å². The second-order valence-corrected chi connectivity index (χ2v) is 16.7. The predicted octanol–water partition coefficient (Wildman–Crippen LogP) is 0.116. The Morgan fingerprint density at radius 2 is 1.62 bits per heavy atom. The summed E-state index contributed by atoms with van der Waals surface area (Å²) in [6, 6.07) is 3.47. The summed E-state index contributed by atoms with van der Waals surface area (Å²) in [5, 5.41) is 21.5. The molecular formula is C34H44N8O9S. The smallest absolute Gasteiger partial charge is 0.287 e. The molecular weight excluding hydrogens is 696 g/mol. The monoisotopic (exact) mass is 740 g/mol. The predicted molar refractivity (Wildman–Crippen MR) is 185 cm³/mol. The van der Waals surface area contributed by atoms with Gasteiger partial charge in [-0.05, 0) is 63.3 Å². The van der Waals surface area contributed by atoms with Crippen molar-refractivity contribution >= 4 is 50.9 Å². The van der Waals surface area contributed by atoms with Gasteiger partial charge < -0.3 is 26.8 Å². The number of ketones is 1. The number of nitrogens with zero attached hydrogens (tertiary/aromatic N) is 5. The second-order valence-electron chi connectivity index (χ2n) is 14.4. The molecule has 0 unspecified atom stereocenters. The first-order valence-corrected chi connectivity index (χ1v) is 19.1. The topological polar surface area (TPSA) is 267 Å². The fraction of sp³-hybridized carbons (Fsp3) is 0.559. The van der Waals surface area contributed by atoms with E-state index in [0.29, 0.717) is 5.69 Å². The Bertz CT molecular complexity index is 1880. The molecule has 1 aromatic heterocycles. The van der Waals surface area contributed by atoms with Crippen LogP contribution in [-0.4, -0.2) is 104 Å². The molecule has 3 aliphatic rings. The van der Waals surface area contributed by atoms with Crippen LogP contribution in [0.15, 0.2) is 35.5 Å². The summed E-state index contributed by atoms with van der Waals surface area (Å²) in [5.74, 6) is -6.42. The summed E-state index contributed by atoms with van der Waals surface area (Å²) >= 11 is 0. The van der Waals surface area contributed by atoms with E-state index in [2.05, 4.69) is 20.6 Å². The Labute approximate surface area is 300 Å². The molecule has 5 amide bonds. The number of aromatic nitrogens is 3. The number of aliphatic imine (C=N–C) groups is 1. The van der Waals surface area contributed by atoms with Crippen LogP contribution in [0.25, 0.3) is 0 Å². The largest absolute Gasteiger partial charge is 0.384 e. The molecule has 3 fully saturated rings. The Kier molecular flexibility index (Phi) is 11.1. The minimum atomic E-state index is -3.55. The van der Waals surface area contributed by atoms with Gasteiger partial charge in [0.15, 0.2) is 9.84 Å². The van der Waals surface area contributed by atoms with Crippen molar-refractivity contribution in [1.29, 1.82) is 0 Å². The van der Waals surface area contributed by atoms with Crippen LogP contribution in [0, 0.1) is 5.92 Å². The fourth-order valence-electron chi connectivity index (χ4n) is 7.24. The number of sulfone groups is 1. The highest BCUT2D eigenvalue weighted by Gasteiger charge is 2.50. The number of hydrogen-bond donors (Lipinski definition) is 4. The van der Waals surface area contributed by atoms with Crippen LogP contribution in [-0.2, 0) is 34.6 Å². The molecule has 2 saturated heterocycles. The number of amides is 5. The first-order valence-electron chi connectivity index (χ1n) is 17.2. The zero-order valence-electron chi connectivity index (χ0n) is 29.1. The van der Waals surface area contributed by atoms with Gasteiger partial charge in [0.2, 0.25) is 17.6 Å². The lowest BCUT2D eigenvalue weighted by Crippen LogP contribution is -2.64. The molecule has 1 aromatic carbocycles. The van der Waals surface area contributed by atoms with Gasteiger partial charge in [-0.1, -0.05) is 37.3 Å². The van der Waals surface area contributed by atoms with Crippen molar-refractivity contribution in [2.45, 2.75) is 94.9 Å². The van der Waals surface area contributed by atoms with E-state index in [-0.39, 0.29) is 42.1 Å². The van der Waals surface area contributed by atoms with E-state index < -0.39 is 92.7 Å². The number of Topliss-reactive ketones (excluding diaryl/α,β-unsaturated/α-hetero) is 1. The first kappa shape index (κ1) is 38.4. The molecule has 0 bridgehead atoms. The number of rotatable bonds is 11. The highest BCUT2D eigenvalue weighted by molar-refractivity contribution is 7.91. The van der Waals surface area contributed by atoms with E-state index in [4.69, 9.17) is 11.5 Å². The lowest BCUT2D eigenvalue weighted by atomic mass is 9.85. The van der Waals surface area contributed by atoms with Crippen LogP contribution >= 0.6 is 0 Å². The molecule has 6 N–H and O–H groups in total. The van der Waals surface area contributed by atoms with E-state index >= 15 is 0 Å². The van der Waals surface area contributed by atoms with Gasteiger partial charge in [-0.3, -0.25) is 28.8 Å². The van der Waals surface area contributed by atoms with E-state index in [1.54, 1.807) is 0 Å². The van der Waals surface area contributed by atoms with Gasteiger partial charge in [0.1, 0.15) is 22.9 Å². The first-order chi connectivity index (χ1) is 24.4. The molecule has 2 aromatic rings. The number of carbonyl (C=O) groups is 6. The van der Waals surface area contributed by atoms with Crippen molar-refractivity contribution in [3.8, 4) is 0 Å². The Balaban J connectivity index is 1.53. The van der Waals surface area contributed by atoms with Gasteiger partial charge in [-0.15, -0.1) is 5.10 Å². The van der Waals surface area contributed by atoms with Gasteiger partial charge in [0.25, 0.3) is 17.7 Å². The van der Waals surface area contributed by atoms with Crippen LogP contribution in [0.5, 0.6) is 0 Å². The molecule has 1 aliphatic carbocycles. The number of benzene rings is 1. The van der Waals surface area contributed by atoms with Crippen LogP contribution < -0.4 is 16.8 Å². The van der Waals surface area contributed by atoms with Crippen molar-refractivity contribution in [2.75, 3.05) is 18.1 Å². The fourth-order valence-corrected chi connectivity index (χ4v) is 8.76. The molecule has 280 valence electrons. The van der Waals surface area contributed by atoms with Crippen molar-refractivity contribution in [1.82, 2.24) is 25.2 Å². The number of hydrogen-bond acceptors (Lipinski definition) is 11. The van der Waals surface area contributed by atoms with Gasteiger partial charge in [-0.2, -0.15) is 0 Å². The summed E-state index contributed by atoms with van der Waals surface area (Å²) < 4.78 is 26.0. The molecule has 0 radical (unpaired) electrons. The number of carbonyl (C=O) groups excluding carboxylic acids is 6. The summed E-state index contributed by atoms with van der Waals surface area (Å²) in [4.78, 5) is 84.7. The minimum absolute atomic E-state index is 0.0323. The molecule has 5 rings (SSSR count).